The maximum Gasteiger partial charge on any atom is 0.255 e. The number of carbonyl (C=O) groups excluding carboxylic acids is 1. The minimum Gasteiger partial charge on any atom is -0.335 e. The summed E-state index contributed by atoms with van der Waals surface area (Å²) in [6, 6.07) is 8.82. The van der Waals surface area contributed by atoms with Crippen LogP contribution in [0.25, 0.3) is 10.1 Å². The largest absolute Gasteiger partial charge is 0.335 e. The Kier molecular flexibility index (Phi) is 4.27. The Morgan fingerprint density at radius 3 is 2.95 bits per heavy atom. The van der Waals surface area contributed by atoms with Crippen LogP contribution in [0, 0.1) is 0 Å². The van der Waals surface area contributed by atoms with Crippen molar-refractivity contribution in [1.29, 1.82) is 0 Å². The van der Waals surface area contributed by atoms with Gasteiger partial charge in [0.05, 0.1) is 5.56 Å². The first-order valence-corrected chi connectivity index (χ1v) is 8.55. The summed E-state index contributed by atoms with van der Waals surface area (Å²) in [5.41, 5.74) is 0.849. The molecule has 1 amide bonds. The van der Waals surface area contributed by atoms with Crippen molar-refractivity contribution in [2.45, 2.75) is 38.8 Å². The average molecular weight is 302 g/mol. The summed E-state index contributed by atoms with van der Waals surface area (Å²) in [5, 5.41) is 6.57. The van der Waals surface area contributed by atoms with Crippen molar-refractivity contribution < 1.29 is 4.79 Å². The van der Waals surface area contributed by atoms with E-state index in [2.05, 4.69) is 25.2 Å². The summed E-state index contributed by atoms with van der Waals surface area (Å²) in [6.45, 7) is 6.08. The van der Waals surface area contributed by atoms with Crippen LogP contribution in [-0.4, -0.2) is 36.0 Å². The molecule has 21 heavy (non-hydrogen) atoms. The maximum absolute atomic E-state index is 13.0. The number of thiophene rings is 1. The van der Waals surface area contributed by atoms with Gasteiger partial charge in [0.25, 0.3) is 5.91 Å². The molecule has 1 atom stereocenters. The van der Waals surface area contributed by atoms with Gasteiger partial charge in [0.15, 0.2) is 0 Å². The highest BCUT2D eigenvalue weighted by molar-refractivity contribution is 7.17. The topological polar surface area (TPSA) is 32.3 Å². The highest BCUT2D eigenvalue weighted by Crippen LogP contribution is 2.27. The van der Waals surface area contributed by atoms with Gasteiger partial charge >= 0.3 is 0 Å². The van der Waals surface area contributed by atoms with Crippen molar-refractivity contribution in [2.24, 2.45) is 0 Å². The van der Waals surface area contributed by atoms with Crippen LogP contribution in [-0.2, 0) is 0 Å². The molecule has 3 nitrogen and oxygen atoms in total. The number of nitrogens with zero attached hydrogens (tertiary/aromatic N) is 1. The van der Waals surface area contributed by atoms with Crippen molar-refractivity contribution in [3.05, 3.63) is 35.2 Å². The van der Waals surface area contributed by atoms with E-state index in [-0.39, 0.29) is 11.9 Å². The molecule has 0 radical (unpaired) electrons. The van der Waals surface area contributed by atoms with E-state index < -0.39 is 0 Å². The number of amides is 1. The molecular formula is C17H22N2OS. The van der Waals surface area contributed by atoms with E-state index in [1.807, 2.05) is 28.5 Å². The Balaban J connectivity index is 1.86. The fourth-order valence-corrected chi connectivity index (χ4v) is 3.91. The molecule has 1 unspecified atom stereocenters. The third-order valence-corrected chi connectivity index (χ3v) is 5.14. The second-order valence-electron chi connectivity index (χ2n) is 5.99. The third-order valence-electron chi connectivity index (χ3n) is 4.18. The Bertz CT molecular complexity index is 629. The monoisotopic (exact) mass is 302 g/mol. The number of hydrogen-bond donors (Lipinski definition) is 1. The van der Waals surface area contributed by atoms with Crippen molar-refractivity contribution in [2.75, 3.05) is 13.1 Å². The molecule has 112 valence electrons. The van der Waals surface area contributed by atoms with E-state index >= 15 is 0 Å². The maximum atomic E-state index is 13.0. The van der Waals surface area contributed by atoms with Crippen LogP contribution in [0.1, 0.15) is 37.0 Å². The Labute approximate surface area is 130 Å². The summed E-state index contributed by atoms with van der Waals surface area (Å²) in [6.07, 6.45) is 2.38. The van der Waals surface area contributed by atoms with E-state index in [9.17, 15) is 4.79 Å². The summed E-state index contributed by atoms with van der Waals surface area (Å²) in [5.74, 6) is 0.163. The Hall–Kier alpha value is -1.39. The molecule has 0 saturated carbocycles. The van der Waals surface area contributed by atoms with Crippen LogP contribution in [0.2, 0.25) is 0 Å². The van der Waals surface area contributed by atoms with Crippen molar-refractivity contribution >= 4 is 27.3 Å². The zero-order chi connectivity index (χ0) is 14.8. The van der Waals surface area contributed by atoms with Gasteiger partial charge in [-0.25, -0.2) is 0 Å². The van der Waals surface area contributed by atoms with E-state index in [4.69, 9.17) is 0 Å². The van der Waals surface area contributed by atoms with Gasteiger partial charge in [-0.1, -0.05) is 18.2 Å². The number of benzene rings is 1. The lowest BCUT2D eigenvalue weighted by Gasteiger charge is -2.29. The van der Waals surface area contributed by atoms with Crippen molar-refractivity contribution in [1.82, 2.24) is 10.2 Å². The van der Waals surface area contributed by atoms with Gasteiger partial charge in [0, 0.05) is 34.1 Å². The quantitative estimate of drug-likeness (QED) is 0.937. The van der Waals surface area contributed by atoms with Gasteiger partial charge in [-0.3, -0.25) is 4.79 Å². The fraction of sp³-hybridized carbons (Fsp3) is 0.471. The molecule has 2 aromatic rings. The van der Waals surface area contributed by atoms with Crippen LogP contribution >= 0.6 is 11.3 Å². The molecule has 1 aliphatic rings. The smallest absolute Gasteiger partial charge is 0.255 e. The zero-order valence-corrected chi connectivity index (χ0v) is 13.5. The molecule has 2 heterocycles. The van der Waals surface area contributed by atoms with Gasteiger partial charge in [-0.2, -0.15) is 0 Å². The zero-order valence-electron chi connectivity index (χ0n) is 12.6. The van der Waals surface area contributed by atoms with E-state index in [0.717, 1.165) is 24.0 Å². The number of hydrogen-bond acceptors (Lipinski definition) is 3. The summed E-state index contributed by atoms with van der Waals surface area (Å²) < 4.78 is 1.18. The SMILES string of the molecule is CC(C)N(CC1CCCN1)C(=O)c1csc2ccccc12. The molecule has 0 bridgehead atoms. The van der Waals surface area contributed by atoms with Crippen LogP contribution < -0.4 is 5.32 Å². The first-order valence-electron chi connectivity index (χ1n) is 7.67. The molecule has 1 saturated heterocycles. The molecule has 3 rings (SSSR count). The molecule has 4 heteroatoms. The van der Waals surface area contributed by atoms with Crippen LogP contribution in [0.4, 0.5) is 0 Å². The first kappa shape index (κ1) is 14.5. The van der Waals surface area contributed by atoms with Crippen molar-refractivity contribution in [3.63, 3.8) is 0 Å². The molecule has 1 aliphatic heterocycles. The third kappa shape index (κ3) is 2.97. The van der Waals surface area contributed by atoms with E-state index in [1.54, 1.807) is 11.3 Å². The highest BCUT2D eigenvalue weighted by atomic mass is 32.1. The second-order valence-corrected chi connectivity index (χ2v) is 6.90. The highest BCUT2D eigenvalue weighted by Gasteiger charge is 2.25. The number of fused-ring (bicyclic) bond motifs is 1. The minimum absolute atomic E-state index is 0.163. The Morgan fingerprint density at radius 2 is 2.24 bits per heavy atom. The lowest BCUT2D eigenvalue weighted by atomic mass is 10.1. The standard InChI is InChI=1S/C17H22N2OS/c1-12(2)19(10-13-6-5-9-18-13)17(20)15-11-21-16-8-4-3-7-14(15)16/h3-4,7-8,11-13,18H,5-6,9-10H2,1-2H3. The van der Waals surface area contributed by atoms with Crippen molar-refractivity contribution in [3.8, 4) is 0 Å². The number of carbonyl (C=O) groups is 1. The first-order chi connectivity index (χ1) is 10.2. The molecule has 0 spiro atoms. The molecule has 0 aliphatic carbocycles. The molecule has 1 aromatic heterocycles. The predicted octanol–water partition coefficient (Wildman–Crippen LogP) is 3.50. The van der Waals surface area contributed by atoms with Crippen LogP contribution in [0.5, 0.6) is 0 Å². The number of nitrogens with one attached hydrogen (secondary N) is 1. The van der Waals surface area contributed by atoms with E-state index in [1.165, 1.54) is 17.5 Å². The van der Waals surface area contributed by atoms with Gasteiger partial charge in [-0.15, -0.1) is 11.3 Å². The lowest BCUT2D eigenvalue weighted by Crippen LogP contribution is -2.44. The fourth-order valence-electron chi connectivity index (χ4n) is 2.98. The molecular weight excluding hydrogens is 280 g/mol. The second kappa shape index (κ2) is 6.16. The van der Waals surface area contributed by atoms with Gasteiger partial charge in [-0.05, 0) is 39.3 Å². The van der Waals surface area contributed by atoms with Gasteiger partial charge in [0.1, 0.15) is 0 Å². The molecule has 1 fully saturated rings. The minimum atomic E-state index is 0.163. The van der Waals surface area contributed by atoms with Crippen LogP contribution in [0.15, 0.2) is 29.6 Å². The summed E-state index contributed by atoms with van der Waals surface area (Å²) >= 11 is 1.65. The summed E-state index contributed by atoms with van der Waals surface area (Å²) in [4.78, 5) is 15.0. The Morgan fingerprint density at radius 1 is 1.43 bits per heavy atom. The van der Waals surface area contributed by atoms with E-state index in [0.29, 0.717) is 6.04 Å². The number of rotatable bonds is 4. The van der Waals surface area contributed by atoms with Crippen LogP contribution in [0.3, 0.4) is 0 Å². The lowest BCUT2D eigenvalue weighted by molar-refractivity contribution is 0.0691. The van der Waals surface area contributed by atoms with Gasteiger partial charge < -0.3 is 10.2 Å². The van der Waals surface area contributed by atoms with Gasteiger partial charge in [0.2, 0.25) is 0 Å². The average Bonchev–Trinajstić information content (AvgIpc) is 3.13. The predicted molar refractivity (Wildman–Crippen MR) is 89.0 cm³/mol. The molecule has 1 N–H and O–H groups in total. The molecule has 1 aromatic carbocycles. The summed E-state index contributed by atoms with van der Waals surface area (Å²) in [7, 11) is 0. The normalized spacial score (nSPS) is 18.5.